The highest BCUT2D eigenvalue weighted by Crippen LogP contribution is 2.46. The molecule has 0 aromatic rings. The van der Waals surface area contributed by atoms with Gasteiger partial charge in [0.1, 0.15) is 5.75 Å². The van der Waals surface area contributed by atoms with Crippen LogP contribution in [0.15, 0.2) is 12.2 Å². The Morgan fingerprint density at radius 2 is 1.61 bits per heavy atom. The van der Waals surface area contributed by atoms with E-state index >= 15 is 0 Å². The van der Waals surface area contributed by atoms with Crippen molar-refractivity contribution < 1.29 is 36.3 Å². The van der Waals surface area contributed by atoms with Crippen LogP contribution in [-0.2, 0) is 33.5 Å². The smallest absolute Gasteiger partial charge is 0.276 e. The van der Waals surface area contributed by atoms with Crippen molar-refractivity contribution in [3.63, 3.8) is 0 Å². The summed E-state index contributed by atoms with van der Waals surface area (Å²) in [6, 6.07) is 0. The first-order valence-corrected chi connectivity index (χ1v) is 21.6. The SMILES string of the molecule is CC(C)(C)[Si](C)(C)O[C@@H]1C[C@@H](OC2CCCCO2)[C@@H](/C=C/CCCCCCOC2CCCCO2)[C@@H]1CCC#CCS(=O)(=O)O. The average molecular weight is 657 g/mol. The second kappa shape index (κ2) is 18.5. The molecule has 0 radical (unpaired) electrons. The second-order valence-corrected chi connectivity index (χ2v) is 20.5. The predicted molar refractivity (Wildman–Crippen MR) is 177 cm³/mol. The lowest BCUT2D eigenvalue weighted by atomic mass is 9.88. The molecule has 3 aliphatic rings. The summed E-state index contributed by atoms with van der Waals surface area (Å²) in [5, 5.41) is 0.0814. The molecule has 0 aromatic heterocycles. The van der Waals surface area contributed by atoms with Crippen molar-refractivity contribution in [2.45, 2.75) is 154 Å². The number of allylic oxidation sites excluding steroid dienone is 1. The molecule has 0 aromatic carbocycles. The zero-order valence-electron chi connectivity index (χ0n) is 28.1. The fourth-order valence-corrected chi connectivity index (χ4v) is 7.74. The van der Waals surface area contributed by atoms with Crippen molar-refractivity contribution >= 4 is 18.4 Å². The first-order chi connectivity index (χ1) is 20.9. The molecular formula is C34H60O8SSi. The van der Waals surface area contributed by atoms with Crippen molar-refractivity contribution in [3.05, 3.63) is 12.2 Å². The Labute approximate surface area is 269 Å². The summed E-state index contributed by atoms with van der Waals surface area (Å²) in [6.07, 6.45) is 18.7. The second-order valence-electron chi connectivity index (χ2n) is 14.3. The van der Waals surface area contributed by atoms with Crippen molar-refractivity contribution in [3.8, 4) is 11.8 Å². The van der Waals surface area contributed by atoms with Crippen LogP contribution in [0, 0.1) is 23.7 Å². The first kappa shape index (κ1) is 37.7. The summed E-state index contributed by atoms with van der Waals surface area (Å²) in [5.41, 5.74) is 0. The van der Waals surface area contributed by atoms with E-state index in [0.717, 1.165) is 90.4 Å². The third-order valence-electron chi connectivity index (χ3n) is 9.63. The van der Waals surface area contributed by atoms with Crippen LogP contribution in [-0.4, -0.2) is 71.6 Å². The van der Waals surface area contributed by atoms with E-state index in [-0.39, 0.29) is 41.7 Å². The van der Waals surface area contributed by atoms with Crippen molar-refractivity contribution in [1.82, 2.24) is 0 Å². The highest BCUT2D eigenvalue weighted by atomic mass is 32.2. The van der Waals surface area contributed by atoms with Gasteiger partial charge in [0, 0.05) is 32.2 Å². The van der Waals surface area contributed by atoms with Crippen LogP contribution in [0.4, 0.5) is 0 Å². The van der Waals surface area contributed by atoms with E-state index < -0.39 is 24.2 Å². The topological polar surface area (TPSA) is 101 Å². The number of rotatable bonds is 16. The molecule has 1 aliphatic carbocycles. The molecule has 2 unspecified atom stereocenters. The molecule has 0 bridgehead atoms. The third-order valence-corrected chi connectivity index (χ3v) is 14.6. The zero-order valence-corrected chi connectivity index (χ0v) is 29.9. The Bertz CT molecular complexity index is 1020. The predicted octanol–water partition coefficient (Wildman–Crippen LogP) is 7.65. The third kappa shape index (κ3) is 13.5. The maximum atomic E-state index is 11.1. The Balaban J connectivity index is 1.62. The van der Waals surface area contributed by atoms with Crippen LogP contribution in [0.1, 0.15) is 111 Å². The average Bonchev–Trinajstić information content (AvgIpc) is 3.26. The summed E-state index contributed by atoms with van der Waals surface area (Å²) in [5.74, 6) is 5.44. The van der Waals surface area contributed by atoms with Gasteiger partial charge in [-0.1, -0.05) is 51.7 Å². The molecule has 3 fully saturated rings. The molecule has 1 N–H and O–H groups in total. The van der Waals surface area contributed by atoms with E-state index in [1.165, 1.54) is 12.8 Å². The van der Waals surface area contributed by atoms with E-state index in [4.69, 9.17) is 27.9 Å². The van der Waals surface area contributed by atoms with Gasteiger partial charge in [-0.3, -0.25) is 4.55 Å². The highest BCUT2D eigenvalue weighted by molar-refractivity contribution is 7.86. The van der Waals surface area contributed by atoms with Crippen LogP contribution >= 0.6 is 0 Å². The van der Waals surface area contributed by atoms with E-state index in [9.17, 15) is 8.42 Å². The van der Waals surface area contributed by atoms with E-state index in [0.29, 0.717) is 6.42 Å². The molecule has 2 saturated heterocycles. The van der Waals surface area contributed by atoms with Crippen LogP contribution in [0.25, 0.3) is 0 Å². The van der Waals surface area contributed by atoms with Crippen LogP contribution in [0.5, 0.6) is 0 Å². The Kier molecular flexibility index (Phi) is 15.9. The lowest BCUT2D eigenvalue weighted by Crippen LogP contribution is -2.45. The highest BCUT2D eigenvalue weighted by Gasteiger charge is 2.48. The summed E-state index contributed by atoms with van der Waals surface area (Å²) in [6.45, 7) is 13.7. The van der Waals surface area contributed by atoms with E-state index in [1.807, 2.05) is 0 Å². The summed E-state index contributed by atoms with van der Waals surface area (Å²) < 4.78 is 62.6. The summed E-state index contributed by atoms with van der Waals surface area (Å²) in [4.78, 5) is 0. The van der Waals surface area contributed by atoms with Crippen molar-refractivity contribution in [2.24, 2.45) is 11.8 Å². The van der Waals surface area contributed by atoms with E-state index in [2.05, 4.69) is 57.9 Å². The van der Waals surface area contributed by atoms with Crippen LogP contribution < -0.4 is 0 Å². The maximum Gasteiger partial charge on any atom is 0.276 e. The fourth-order valence-electron chi connectivity index (χ4n) is 6.08. The van der Waals surface area contributed by atoms with Gasteiger partial charge in [0.05, 0.1) is 12.2 Å². The minimum atomic E-state index is -4.09. The molecule has 6 atom stereocenters. The summed E-state index contributed by atoms with van der Waals surface area (Å²) >= 11 is 0. The fraction of sp³-hybridized carbons (Fsp3) is 0.882. The first-order valence-electron chi connectivity index (χ1n) is 17.1. The lowest BCUT2D eigenvalue weighted by Gasteiger charge is -2.40. The number of hydrogen-bond acceptors (Lipinski definition) is 7. The minimum absolute atomic E-state index is 0.000878. The van der Waals surface area contributed by atoms with Gasteiger partial charge in [-0.05, 0) is 94.7 Å². The number of ether oxygens (including phenoxy) is 4. The monoisotopic (exact) mass is 656 g/mol. The Morgan fingerprint density at radius 1 is 0.932 bits per heavy atom. The number of hydrogen-bond donors (Lipinski definition) is 1. The minimum Gasteiger partial charge on any atom is -0.414 e. The van der Waals surface area contributed by atoms with Gasteiger partial charge in [0.2, 0.25) is 0 Å². The van der Waals surface area contributed by atoms with Gasteiger partial charge in [-0.25, -0.2) is 0 Å². The number of unbranched alkanes of at least 4 members (excludes halogenated alkanes) is 4. The van der Waals surface area contributed by atoms with Crippen molar-refractivity contribution in [1.29, 1.82) is 0 Å². The normalized spacial score (nSPS) is 28.7. The Hall–Kier alpha value is -0.773. The molecule has 44 heavy (non-hydrogen) atoms. The Morgan fingerprint density at radius 3 is 2.25 bits per heavy atom. The molecule has 2 aliphatic heterocycles. The van der Waals surface area contributed by atoms with Gasteiger partial charge < -0.3 is 23.4 Å². The molecular weight excluding hydrogens is 597 g/mol. The molecule has 0 spiro atoms. The maximum absolute atomic E-state index is 11.1. The van der Waals surface area contributed by atoms with Gasteiger partial charge in [-0.2, -0.15) is 8.42 Å². The van der Waals surface area contributed by atoms with Gasteiger partial charge in [0.15, 0.2) is 20.9 Å². The quantitative estimate of drug-likeness (QED) is 0.0595. The molecule has 254 valence electrons. The zero-order chi connectivity index (χ0) is 32.1. The lowest BCUT2D eigenvalue weighted by molar-refractivity contribution is -0.193. The molecule has 3 rings (SSSR count). The molecule has 8 nitrogen and oxygen atoms in total. The molecule has 10 heteroatoms. The van der Waals surface area contributed by atoms with Gasteiger partial charge >= 0.3 is 0 Å². The standard InChI is InChI=1S/C34H60O8SSi/c1-34(2,3)44(4,5)42-31-27-30(41-33-22-14-17-25-40-33)28(29(31)20-12-10-18-26-43(35,36)37)19-11-8-6-7-9-15-23-38-32-21-13-16-24-39-32/h11,19,28-33H,6-9,12-17,20-27H2,1-5H3,(H,35,36,37)/b19-11+/t28-,29-,30+,31+,32?,33?/m0/s1. The van der Waals surface area contributed by atoms with E-state index in [1.54, 1.807) is 0 Å². The van der Waals surface area contributed by atoms with Gasteiger partial charge in [-0.15, -0.1) is 5.92 Å². The summed E-state index contributed by atoms with van der Waals surface area (Å²) in [7, 11) is -6.14. The molecule has 0 amide bonds. The van der Waals surface area contributed by atoms with Gasteiger partial charge in [0.25, 0.3) is 10.1 Å². The molecule has 2 heterocycles. The van der Waals surface area contributed by atoms with Crippen LogP contribution in [0.3, 0.4) is 0 Å². The largest absolute Gasteiger partial charge is 0.414 e. The molecule has 1 saturated carbocycles. The van der Waals surface area contributed by atoms with Crippen molar-refractivity contribution in [2.75, 3.05) is 25.6 Å². The van der Waals surface area contributed by atoms with Crippen LogP contribution in [0.2, 0.25) is 18.1 Å².